The average Bonchev–Trinajstić information content (AvgIpc) is 1.88. The fourth-order valence-electron chi connectivity index (χ4n) is 0.695. The largest absolute Gasteiger partial charge is 0.480 e. The molecule has 0 heterocycles. The van der Waals surface area contributed by atoms with Crippen molar-refractivity contribution in [3.8, 4) is 0 Å². The summed E-state index contributed by atoms with van der Waals surface area (Å²) >= 11 is 0. The molecular weight excluding hydrogens is 134 g/mol. The van der Waals surface area contributed by atoms with Crippen LogP contribution in [0.5, 0.6) is 0 Å². The van der Waals surface area contributed by atoms with Gasteiger partial charge in [0.05, 0.1) is 6.10 Å². The summed E-state index contributed by atoms with van der Waals surface area (Å²) in [6.45, 7) is 1.70. The van der Waals surface area contributed by atoms with E-state index in [9.17, 15) is 4.79 Å². The average molecular weight is 147 g/mol. The van der Waals surface area contributed by atoms with Crippen molar-refractivity contribution in [2.45, 2.75) is 19.1 Å². The van der Waals surface area contributed by atoms with Crippen LogP contribution in [0, 0.1) is 0 Å². The molecule has 0 aromatic heterocycles. The normalized spacial score (nSPS) is 16.3. The minimum absolute atomic E-state index is 0.303. The molecule has 2 N–H and O–H groups in total. The first kappa shape index (κ1) is 9.39. The van der Waals surface area contributed by atoms with Crippen LogP contribution in [-0.2, 0) is 9.53 Å². The second-order valence-electron chi connectivity index (χ2n) is 2.05. The summed E-state index contributed by atoms with van der Waals surface area (Å²) in [7, 11) is 3.08. The zero-order chi connectivity index (χ0) is 8.15. The number of aliphatic carboxylic acids is 1. The van der Waals surface area contributed by atoms with Gasteiger partial charge in [-0.1, -0.05) is 0 Å². The van der Waals surface area contributed by atoms with E-state index >= 15 is 0 Å². The Bertz CT molecular complexity index is 116. The van der Waals surface area contributed by atoms with Crippen LogP contribution < -0.4 is 5.32 Å². The highest BCUT2D eigenvalue weighted by Gasteiger charge is 2.21. The summed E-state index contributed by atoms with van der Waals surface area (Å²) in [6.07, 6.45) is -0.303. The van der Waals surface area contributed by atoms with E-state index in [1.807, 2.05) is 0 Å². The van der Waals surface area contributed by atoms with Crippen LogP contribution in [0.2, 0.25) is 0 Å². The Labute approximate surface area is 60.2 Å². The molecule has 0 amide bonds. The van der Waals surface area contributed by atoms with Crippen molar-refractivity contribution in [2.75, 3.05) is 14.2 Å². The summed E-state index contributed by atoms with van der Waals surface area (Å²) < 4.78 is 4.82. The number of carbonyl (C=O) groups is 1. The maximum absolute atomic E-state index is 10.4. The second kappa shape index (κ2) is 4.24. The maximum atomic E-state index is 10.4. The molecule has 0 aliphatic heterocycles. The third-order valence-electron chi connectivity index (χ3n) is 1.42. The molecule has 2 atom stereocenters. The quantitative estimate of drug-likeness (QED) is 0.573. The van der Waals surface area contributed by atoms with Crippen molar-refractivity contribution in [1.29, 1.82) is 0 Å². The summed E-state index contributed by atoms with van der Waals surface area (Å²) in [5, 5.41) is 11.2. The Morgan fingerprint density at radius 3 is 2.30 bits per heavy atom. The van der Waals surface area contributed by atoms with Crippen LogP contribution in [-0.4, -0.2) is 37.4 Å². The van der Waals surface area contributed by atoms with Gasteiger partial charge in [-0.05, 0) is 14.0 Å². The first-order valence-electron chi connectivity index (χ1n) is 3.06. The van der Waals surface area contributed by atoms with Gasteiger partial charge in [-0.25, -0.2) is 0 Å². The Morgan fingerprint density at radius 2 is 2.20 bits per heavy atom. The molecule has 0 rings (SSSR count). The summed E-state index contributed by atoms with van der Waals surface area (Å²) in [5.41, 5.74) is 0. The van der Waals surface area contributed by atoms with Gasteiger partial charge in [0.25, 0.3) is 0 Å². The molecule has 4 heteroatoms. The summed E-state index contributed by atoms with van der Waals surface area (Å²) in [6, 6.07) is -0.620. The topological polar surface area (TPSA) is 58.6 Å². The lowest BCUT2D eigenvalue weighted by molar-refractivity contribution is -0.142. The Kier molecular flexibility index (Phi) is 3.99. The van der Waals surface area contributed by atoms with Crippen LogP contribution in [0.4, 0.5) is 0 Å². The van der Waals surface area contributed by atoms with Gasteiger partial charge < -0.3 is 15.2 Å². The molecule has 10 heavy (non-hydrogen) atoms. The number of nitrogens with one attached hydrogen (secondary N) is 1. The van der Waals surface area contributed by atoms with Crippen LogP contribution in [0.15, 0.2) is 0 Å². The van der Waals surface area contributed by atoms with Gasteiger partial charge in [0, 0.05) is 7.11 Å². The summed E-state index contributed by atoms with van der Waals surface area (Å²) in [4.78, 5) is 10.4. The molecule has 0 saturated heterocycles. The van der Waals surface area contributed by atoms with E-state index in [1.54, 1.807) is 14.0 Å². The van der Waals surface area contributed by atoms with Crippen molar-refractivity contribution in [3.63, 3.8) is 0 Å². The number of hydrogen-bond acceptors (Lipinski definition) is 3. The monoisotopic (exact) mass is 147 g/mol. The number of hydrogen-bond donors (Lipinski definition) is 2. The zero-order valence-electron chi connectivity index (χ0n) is 6.42. The Morgan fingerprint density at radius 1 is 1.70 bits per heavy atom. The molecule has 0 aliphatic rings. The van der Waals surface area contributed by atoms with E-state index in [0.29, 0.717) is 0 Å². The van der Waals surface area contributed by atoms with Crippen molar-refractivity contribution in [3.05, 3.63) is 0 Å². The molecule has 4 nitrogen and oxygen atoms in total. The molecule has 60 valence electrons. The Balaban J connectivity index is 3.92. The number of rotatable bonds is 4. The van der Waals surface area contributed by atoms with Crippen molar-refractivity contribution in [2.24, 2.45) is 0 Å². The predicted octanol–water partition coefficient (Wildman–Crippen LogP) is -0.306. The highest BCUT2D eigenvalue weighted by atomic mass is 16.5. The number of likely N-dealkylation sites (N-methyl/N-ethyl adjacent to an activating group) is 1. The predicted molar refractivity (Wildman–Crippen MR) is 37.0 cm³/mol. The van der Waals surface area contributed by atoms with Gasteiger partial charge >= 0.3 is 5.97 Å². The lowest BCUT2D eigenvalue weighted by Gasteiger charge is -2.17. The summed E-state index contributed by atoms with van der Waals surface area (Å²) in [5.74, 6) is -0.892. The first-order chi connectivity index (χ1) is 4.63. The molecule has 0 bridgehead atoms. The molecule has 0 fully saturated rings. The number of carboxylic acids is 1. The highest BCUT2D eigenvalue weighted by molar-refractivity contribution is 5.74. The van der Waals surface area contributed by atoms with Crippen LogP contribution in [0.3, 0.4) is 0 Å². The third-order valence-corrected chi connectivity index (χ3v) is 1.42. The van der Waals surface area contributed by atoms with Crippen LogP contribution in [0.25, 0.3) is 0 Å². The molecule has 0 saturated carbocycles. The SMILES string of the molecule is CN[C@@H](C(=O)O)[C@@H](C)OC. The van der Waals surface area contributed by atoms with Crippen molar-refractivity contribution in [1.82, 2.24) is 5.32 Å². The molecule has 0 aromatic rings. The lowest BCUT2D eigenvalue weighted by Crippen LogP contribution is -2.43. The van der Waals surface area contributed by atoms with Gasteiger partial charge in [-0.2, -0.15) is 0 Å². The minimum Gasteiger partial charge on any atom is -0.480 e. The van der Waals surface area contributed by atoms with E-state index < -0.39 is 12.0 Å². The lowest BCUT2D eigenvalue weighted by atomic mass is 10.2. The van der Waals surface area contributed by atoms with E-state index in [1.165, 1.54) is 7.11 Å². The number of ether oxygens (including phenoxy) is 1. The number of carboxylic acid groups (broad SMARTS) is 1. The Hall–Kier alpha value is -0.610. The molecule has 0 aliphatic carbocycles. The van der Waals surface area contributed by atoms with Crippen LogP contribution in [0.1, 0.15) is 6.92 Å². The highest BCUT2D eigenvalue weighted by Crippen LogP contribution is 1.95. The molecule has 0 radical (unpaired) electrons. The van der Waals surface area contributed by atoms with E-state index in [4.69, 9.17) is 9.84 Å². The molecule has 0 unspecified atom stereocenters. The number of methoxy groups -OCH3 is 1. The smallest absolute Gasteiger partial charge is 0.323 e. The van der Waals surface area contributed by atoms with Gasteiger partial charge in [0.2, 0.25) is 0 Å². The van der Waals surface area contributed by atoms with Crippen molar-refractivity contribution < 1.29 is 14.6 Å². The minimum atomic E-state index is -0.892. The molecule has 0 spiro atoms. The fourth-order valence-corrected chi connectivity index (χ4v) is 0.695. The molecular formula is C6H13NO3. The molecule has 0 aromatic carbocycles. The van der Waals surface area contributed by atoms with E-state index in [2.05, 4.69) is 5.32 Å². The third kappa shape index (κ3) is 2.33. The first-order valence-corrected chi connectivity index (χ1v) is 3.06. The zero-order valence-corrected chi connectivity index (χ0v) is 6.42. The van der Waals surface area contributed by atoms with E-state index in [0.717, 1.165) is 0 Å². The van der Waals surface area contributed by atoms with Gasteiger partial charge in [0.1, 0.15) is 6.04 Å². The van der Waals surface area contributed by atoms with Crippen molar-refractivity contribution >= 4 is 5.97 Å². The van der Waals surface area contributed by atoms with E-state index in [-0.39, 0.29) is 6.10 Å². The standard InChI is InChI=1S/C6H13NO3/c1-4(10-3)5(7-2)6(8)9/h4-5,7H,1-3H3,(H,8,9)/t4-,5-/m1/s1. The van der Waals surface area contributed by atoms with Gasteiger partial charge in [0.15, 0.2) is 0 Å². The second-order valence-corrected chi connectivity index (χ2v) is 2.05. The van der Waals surface area contributed by atoms with Gasteiger partial charge in [-0.3, -0.25) is 4.79 Å². The maximum Gasteiger partial charge on any atom is 0.323 e. The van der Waals surface area contributed by atoms with Crippen LogP contribution >= 0.6 is 0 Å². The van der Waals surface area contributed by atoms with Gasteiger partial charge in [-0.15, -0.1) is 0 Å². The fraction of sp³-hybridized carbons (Fsp3) is 0.833.